The predicted octanol–water partition coefficient (Wildman–Crippen LogP) is -0.0400. The van der Waals surface area contributed by atoms with E-state index in [9.17, 15) is 8.42 Å². The lowest BCUT2D eigenvalue weighted by Crippen LogP contribution is -2.21. The number of rotatable bonds is 6. The number of nitrogens with zero attached hydrogens (tertiary/aromatic N) is 3. The van der Waals surface area contributed by atoms with E-state index in [2.05, 4.69) is 20.2 Å². The number of sulfonamides is 1. The highest BCUT2D eigenvalue weighted by Crippen LogP contribution is 2.23. The van der Waals surface area contributed by atoms with Crippen LogP contribution in [-0.4, -0.2) is 36.8 Å². The van der Waals surface area contributed by atoms with Crippen molar-refractivity contribution in [1.29, 1.82) is 0 Å². The minimum absolute atomic E-state index is 0.128. The molecule has 1 aromatic carbocycles. The molecule has 0 amide bonds. The number of nitrogens with two attached hydrogens (primary N) is 1. The molecular weight excluding hydrogens is 292 g/mol. The second-order valence-corrected chi connectivity index (χ2v) is 6.35. The summed E-state index contributed by atoms with van der Waals surface area (Å²) < 4.78 is 28.1. The second-order valence-electron chi connectivity index (χ2n) is 4.50. The maximum Gasteiger partial charge on any atom is 0.242 e. The van der Waals surface area contributed by atoms with Crippen LogP contribution in [0, 0.1) is 0 Å². The Kier molecular flexibility index (Phi) is 4.43. The normalized spacial score (nSPS) is 11.5. The minimum Gasteiger partial charge on any atom is -0.399 e. The molecule has 114 valence electrons. The first-order valence-corrected chi connectivity index (χ1v) is 7.82. The Balaban J connectivity index is 2.15. The zero-order valence-electron chi connectivity index (χ0n) is 11.9. The van der Waals surface area contributed by atoms with Gasteiger partial charge in [-0.1, -0.05) is 0 Å². The number of benzene rings is 1. The van der Waals surface area contributed by atoms with Crippen molar-refractivity contribution in [3.8, 4) is 0 Å². The average Bonchev–Trinajstić information content (AvgIpc) is 2.86. The van der Waals surface area contributed by atoms with E-state index in [0.717, 1.165) is 5.82 Å². The van der Waals surface area contributed by atoms with Gasteiger partial charge in [-0.3, -0.25) is 0 Å². The van der Waals surface area contributed by atoms with E-state index in [4.69, 9.17) is 5.73 Å². The number of nitrogens with one attached hydrogen (secondary N) is 2. The molecule has 1 heterocycles. The number of hydrogen-bond donors (Lipinski definition) is 3. The fourth-order valence-electron chi connectivity index (χ4n) is 1.86. The number of anilines is 2. The zero-order valence-corrected chi connectivity index (χ0v) is 12.7. The van der Waals surface area contributed by atoms with Crippen LogP contribution < -0.4 is 15.8 Å². The van der Waals surface area contributed by atoms with E-state index < -0.39 is 10.0 Å². The van der Waals surface area contributed by atoms with Gasteiger partial charge >= 0.3 is 0 Å². The third-order valence-corrected chi connectivity index (χ3v) is 4.49. The van der Waals surface area contributed by atoms with Crippen LogP contribution in [0.1, 0.15) is 5.82 Å². The summed E-state index contributed by atoms with van der Waals surface area (Å²) in [6, 6.07) is 4.73. The first-order chi connectivity index (χ1) is 9.94. The predicted molar refractivity (Wildman–Crippen MR) is 80.3 cm³/mol. The largest absolute Gasteiger partial charge is 0.399 e. The van der Waals surface area contributed by atoms with Crippen LogP contribution in [0.2, 0.25) is 0 Å². The molecule has 21 heavy (non-hydrogen) atoms. The smallest absolute Gasteiger partial charge is 0.242 e. The van der Waals surface area contributed by atoms with Crippen molar-refractivity contribution in [3.63, 3.8) is 0 Å². The topological polar surface area (TPSA) is 115 Å². The molecule has 0 aliphatic carbocycles. The van der Waals surface area contributed by atoms with E-state index in [1.165, 1.54) is 13.1 Å². The van der Waals surface area contributed by atoms with Crippen molar-refractivity contribution in [2.45, 2.75) is 11.3 Å². The Bertz CT molecular complexity index is 725. The fraction of sp³-hybridized carbons (Fsp3) is 0.333. The molecule has 0 fully saturated rings. The van der Waals surface area contributed by atoms with Crippen LogP contribution in [0.3, 0.4) is 0 Å². The lowest BCUT2D eigenvalue weighted by atomic mass is 10.2. The van der Waals surface area contributed by atoms with Crippen LogP contribution in [0.25, 0.3) is 0 Å². The van der Waals surface area contributed by atoms with Gasteiger partial charge in [-0.25, -0.2) is 13.1 Å². The Hall–Kier alpha value is -2.13. The third kappa shape index (κ3) is 3.50. The molecule has 0 saturated carbocycles. The molecule has 8 nitrogen and oxygen atoms in total. The summed E-state index contributed by atoms with van der Waals surface area (Å²) in [7, 11) is -0.350. The molecule has 9 heteroatoms. The molecule has 0 unspecified atom stereocenters. The highest BCUT2D eigenvalue weighted by molar-refractivity contribution is 7.89. The summed E-state index contributed by atoms with van der Waals surface area (Å²) in [5, 5.41) is 10.9. The molecular formula is C12H18N6O2S. The minimum atomic E-state index is -3.57. The van der Waals surface area contributed by atoms with Crippen LogP contribution >= 0.6 is 0 Å². The average molecular weight is 310 g/mol. The van der Waals surface area contributed by atoms with Crippen molar-refractivity contribution in [3.05, 3.63) is 30.4 Å². The van der Waals surface area contributed by atoms with Gasteiger partial charge in [0.25, 0.3) is 0 Å². The van der Waals surface area contributed by atoms with Crippen molar-refractivity contribution in [2.75, 3.05) is 24.6 Å². The third-order valence-electron chi connectivity index (χ3n) is 3.03. The van der Waals surface area contributed by atoms with Crippen molar-refractivity contribution in [1.82, 2.24) is 19.5 Å². The van der Waals surface area contributed by atoms with Gasteiger partial charge in [-0.2, -0.15) is 0 Å². The lowest BCUT2D eigenvalue weighted by molar-refractivity contribution is 0.588. The number of aryl methyl sites for hydroxylation is 1. The second kappa shape index (κ2) is 6.10. The standard InChI is InChI=1S/C12H18N6O2S/c1-14-21(19,20)11-7-9(13)3-4-10(11)15-6-5-12-17-16-8-18(12)2/h3-4,7-8,14-15H,5-6,13H2,1-2H3. The van der Waals surface area contributed by atoms with Crippen molar-refractivity contribution >= 4 is 21.4 Å². The summed E-state index contributed by atoms with van der Waals surface area (Å²) in [5.74, 6) is 0.816. The number of nitrogen functional groups attached to an aromatic ring is 1. The van der Waals surface area contributed by atoms with E-state index in [-0.39, 0.29) is 4.90 Å². The SMILES string of the molecule is CNS(=O)(=O)c1cc(N)ccc1NCCc1nncn1C. The van der Waals surface area contributed by atoms with E-state index in [0.29, 0.717) is 24.3 Å². The Labute approximate surface area is 123 Å². The van der Waals surface area contributed by atoms with Crippen LogP contribution in [0.5, 0.6) is 0 Å². The molecule has 0 spiro atoms. The van der Waals surface area contributed by atoms with E-state index in [1.54, 1.807) is 18.5 Å². The first-order valence-electron chi connectivity index (χ1n) is 6.34. The van der Waals surface area contributed by atoms with Gasteiger partial charge in [-0.05, 0) is 25.2 Å². The summed E-state index contributed by atoms with van der Waals surface area (Å²) in [5.41, 5.74) is 6.56. The van der Waals surface area contributed by atoms with Gasteiger partial charge in [0.15, 0.2) is 0 Å². The molecule has 4 N–H and O–H groups in total. The maximum absolute atomic E-state index is 12.0. The highest BCUT2D eigenvalue weighted by Gasteiger charge is 2.17. The summed E-state index contributed by atoms with van der Waals surface area (Å²) >= 11 is 0. The summed E-state index contributed by atoms with van der Waals surface area (Å²) in [6.07, 6.45) is 2.25. The van der Waals surface area contributed by atoms with Gasteiger partial charge in [-0.15, -0.1) is 10.2 Å². The molecule has 0 saturated heterocycles. The van der Waals surface area contributed by atoms with Gasteiger partial charge in [0.2, 0.25) is 10.0 Å². The fourth-order valence-corrected chi connectivity index (χ4v) is 2.80. The van der Waals surface area contributed by atoms with Crippen LogP contribution in [-0.2, 0) is 23.5 Å². The van der Waals surface area contributed by atoms with Gasteiger partial charge in [0.05, 0.1) is 5.69 Å². The molecule has 0 radical (unpaired) electrons. The van der Waals surface area contributed by atoms with Gasteiger partial charge in [0.1, 0.15) is 17.0 Å². The molecule has 0 aliphatic heterocycles. The quantitative estimate of drug-likeness (QED) is 0.645. The Morgan fingerprint density at radius 3 is 2.76 bits per heavy atom. The lowest BCUT2D eigenvalue weighted by Gasteiger charge is -2.12. The van der Waals surface area contributed by atoms with E-state index in [1.807, 2.05) is 11.6 Å². The van der Waals surface area contributed by atoms with Crippen molar-refractivity contribution in [2.24, 2.45) is 7.05 Å². The number of hydrogen-bond acceptors (Lipinski definition) is 6. The summed E-state index contributed by atoms with van der Waals surface area (Å²) in [6.45, 7) is 0.530. The van der Waals surface area contributed by atoms with Gasteiger partial charge < -0.3 is 15.6 Å². The molecule has 0 atom stereocenters. The first kappa shape index (κ1) is 15.3. The molecule has 1 aromatic heterocycles. The molecule has 0 bridgehead atoms. The maximum atomic E-state index is 12.0. The molecule has 0 aliphatic rings. The number of aromatic nitrogens is 3. The van der Waals surface area contributed by atoms with Crippen molar-refractivity contribution < 1.29 is 8.42 Å². The Morgan fingerprint density at radius 2 is 2.14 bits per heavy atom. The van der Waals surface area contributed by atoms with Crippen LogP contribution in [0.15, 0.2) is 29.4 Å². The Morgan fingerprint density at radius 1 is 1.38 bits per heavy atom. The van der Waals surface area contributed by atoms with E-state index >= 15 is 0 Å². The summed E-state index contributed by atoms with van der Waals surface area (Å²) in [4.78, 5) is 0.128. The van der Waals surface area contributed by atoms with Crippen LogP contribution in [0.4, 0.5) is 11.4 Å². The monoisotopic (exact) mass is 310 g/mol. The highest BCUT2D eigenvalue weighted by atomic mass is 32.2. The van der Waals surface area contributed by atoms with Gasteiger partial charge in [0, 0.05) is 25.7 Å². The zero-order chi connectivity index (χ0) is 15.5. The molecule has 2 aromatic rings. The molecule has 2 rings (SSSR count).